The van der Waals surface area contributed by atoms with Crippen LogP contribution in [0.1, 0.15) is 37.9 Å². The van der Waals surface area contributed by atoms with Crippen molar-refractivity contribution >= 4 is 10.9 Å². The fourth-order valence-corrected chi connectivity index (χ4v) is 5.16. The highest BCUT2D eigenvalue weighted by Gasteiger charge is 2.51. The number of pyridine rings is 1. The van der Waals surface area contributed by atoms with Crippen molar-refractivity contribution < 1.29 is 9.59 Å². The van der Waals surface area contributed by atoms with Crippen LogP contribution in [0.5, 0.6) is 0 Å². The van der Waals surface area contributed by atoms with E-state index in [4.69, 9.17) is 0 Å². The van der Waals surface area contributed by atoms with E-state index >= 15 is 0 Å². The molecular weight excluding hydrogens is 284 g/mol. The van der Waals surface area contributed by atoms with Crippen LogP contribution < -0.4 is 0 Å². The van der Waals surface area contributed by atoms with Crippen molar-refractivity contribution in [3.05, 3.63) is 42.1 Å². The van der Waals surface area contributed by atoms with E-state index in [1.807, 2.05) is 30.5 Å². The number of fused-ring (bicyclic) bond motifs is 4. The summed E-state index contributed by atoms with van der Waals surface area (Å²) in [7, 11) is 2.36. The van der Waals surface area contributed by atoms with Crippen LogP contribution in [0.3, 0.4) is 0 Å². The first-order chi connectivity index (χ1) is 11.1. The van der Waals surface area contributed by atoms with Gasteiger partial charge in [0, 0.05) is 30.3 Å². The Labute approximate surface area is 138 Å². The van der Waals surface area contributed by atoms with E-state index in [1.54, 1.807) is 0 Å². The van der Waals surface area contributed by atoms with Gasteiger partial charge in [0.1, 0.15) is 12.1 Å². The van der Waals surface area contributed by atoms with E-state index in [0.717, 1.165) is 39.2 Å². The van der Waals surface area contributed by atoms with Crippen LogP contribution in [0.4, 0.5) is 0 Å². The molecule has 0 amide bonds. The maximum atomic E-state index is 11.2. The van der Waals surface area contributed by atoms with Crippen molar-refractivity contribution in [2.45, 2.75) is 38.3 Å². The average molecular weight is 311 g/mol. The molecule has 1 aromatic carbocycles. The lowest BCUT2D eigenvalue weighted by Crippen LogP contribution is -2.66. The third-order valence-electron chi connectivity index (χ3n) is 6.56. The van der Waals surface area contributed by atoms with Gasteiger partial charge in [-0.1, -0.05) is 25.1 Å². The summed E-state index contributed by atoms with van der Waals surface area (Å²) in [6.07, 6.45) is 5.21. The molecule has 1 N–H and O–H groups in total. The topological polar surface area (TPSA) is 33.1 Å². The molecule has 2 aromatic rings. The number of quaternary nitrogens is 1. The van der Waals surface area contributed by atoms with Crippen LogP contribution in [-0.4, -0.2) is 40.8 Å². The maximum absolute atomic E-state index is 11.2. The molecule has 3 fully saturated rings. The maximum Gasteiger partial charge on any atom is 0.131 e. The highest BCUT2D eigenvalue weighted by Crippen LogP contribution is 2.46. The van der Waals surface area contributed by atoms with Gasteiger partial charge in [-0.3, -0.25) is 4.98 Å². The number of hydrogen-bond acceptors (Lipinski definition) is 2. The van der Waals surface area contributed by atoms with Gasteiger partial charge in [0.2, 0.25) is 0 Å². The Morgan fingerprint density at radius 2 is 2.13 bits per heavy atom. The van der Waals surface area contributed by atoms with Crippen molar-refractivity contribution in [2.24, 2.45) is 11.8 Å². The van der Waals surface area contributed by atoms with Crippen LogP contribution in [0.15, 0.2) is 36.5 Å². The normalized spacial score (nSPS) is 34.7. The molecule has 5 rings (SSSR count). The number of para-hydroxylation sites is 1. The molecule has 2 bridgehead atoms. The molecule has 4 heterocycles. The molecule has 3 saturated heterocycles. The van der Waals surface area contributed by atoms with Crippen molar-refractivity contribution in [1.29, 1.82) is 0 Å². The summed E-state index contributed by atoms with van der Waals surface area (Å²) in [5.74, 6) is 1.64. The van der Waals surface area contributed by atoms with E-state index in [9.17, 15) is 5.11 Å². The third kappa shape index (κ3) is 2.38. The molecule has 3 aliphatic heterocycles. The summed E-state index contributed by atoms with van der Waals surface area (Å²) in [6.45, 7) is 4.76. The molecule has 0 radical (unpaired) electrons. The molecule has 0 aliphatic carbocycles. The van der Waals surface area contributed by atoms with Crippen LogP contribution in [0, 0.1) is 11.8 Å². The Morgan fingerprint density at radius 1 is 1.30 bits per heavy atom. The second-order valence-electron chi connectivity index (χ2n) is 7.77. The number of hydrogen-bond donors (Lipinski definition) is 1. The lowest BCUT2D eigenvalue weighted by molar-refractivity contribution is -0.957. The molecule has 3 nitrogen and oxygen atoms in total. The van der Waals surface area contributed by atoms with E-state index in [2.05, 4.69) is 25.0 Å². The Hall–Kier alpha value is -1.45. The SMILES string of the molecule is CCC1C[N+]2(C)CCC1CC2[C@H](O)c1ccnc2ccccc12. The quantitative estimate of drug-likeness (QED) is 0.880. The van der Waals surface area contributed by atoms with Crippen molar-refractivity contribution in [3.8, 4) is 0 Å². The summed E-state index contributed by atoms with van der Waals surface area (Å²) in [4.78, 5) is 4.44. The van der Waals surface area contributed by atoms with E-state index in [1.165, 1.54) is 25.9 Å². The molecular formula is C20H27N2O+. The van der Waals surface area contributed by atoms with Crippen LogP contribution in [-0.2, 0) is 0 Å². The first-order valence-corrected chi connectivity index (χ1v) is 8.98. The van der Waals surface area contributed by atoms with E-state index in [0.29, 0.717) is 6.04 Å². The van der Waals surface area contributed by atoms with Gasteiger partial charge in [0.15, 0.2) is 0 Å². The number of nitrogens with zero attached hydrogens (tertiary/aromatic N) is 2. The van der Waals surface area contributed by atoms with Gasteiger partial charge in [-0.25, -0.2) is 0 Å². The van der Waals surface area contributed by atoms with Crippen LogP contribution >= 0.6 is 0 Å². The largest absolute Gasteiger partial charge is 0.382 e. The number of aliphatic hydroxyl groups is 1. The molecule has 122 valence electrons. The highest BCUT2D eigenvalue weighted by molar-refractivity contribution is 5.82. The number of piperidine rings is 3. The van der Waals surface area contributed by atoms with Gasteiger partial charge in [-0.05, 0) is 30.0 Å². The predicted octanol–water partition coefficient (Wildman–Crippen LogP) is 3.53. The molecule has 4 unspecified atom stereocenters. The zero-order chi connectivity index (χ0) is 16.0. The minimum Gasteiger partial charge on any atom is -0.382 e. The number of rotatable bonds is 3. The fraction of sp³-hybridized carbons (Fsp3) is 0.550. The Balaban J connectivity index is 1.70. The molecule has 3 heteroatoms. The molecule has 0 spiro atoms. The van der Waals surface area contributed by atoms with Gasteiger partial charge < -0.3 is 9.59 Å². The monoisotopic (exact) mass is 311 g/mol. The van der Waals surface area contributed by atoms with Gasteiger partial charge in [0.25, 0.3) is 0 Å². The number of likely N-dealkylation sites (N-methyl/N-ethyl adjacent to an activating group) is 1. The minimum absolute atomic E-state index is 0.322. The van der Waals surface area contributed by atoms with E-state index in [-0.39, 0.29) is 0 Å². The van der Waals surface area contributed by atoms with Gasteiger partial charge in [-0.2, -0.15) is 0 Å². The first-order valence-electron chi connectivity index (χ1n) is 8.98. The second kappa shape index (κ2) is 5.57. The van der Waals surface area contributed by atoms with Crippen LogP contribution in [0.2, 0.25) is 0 Å². The van der Waals surface area contributed by atoms with Gasteiger partial charge in [-0.15, -0.1) is 0 Å². The van der Waals surface area contributed by atoms with Crippen molar-refractivity contribution in [3.63, 3.8) is 0 Å². The summed E-state index contributed by atoms with van der Waals surface area (Å²) in [5.41, 5.74) is 2.04. The standard InChI is InChI=1S/C20H27N2O/c1-3-14-13-22(2)11-9-15(14)12-19(22)20(23)17-8-10-21-18-7-5-4-6-16(17)18/h4-8,10,14-15,19-20,23H,3,9,11-13H2,1-2H3/q+1/t14?,15?,19?,20-,22?/m1/s1. The summed E-state index contributed by atoms with van der Waals surface area (Å²) >= 11 is 0. The summed E-state index contributed by atoms with van der Waals surface area (Å²) in [6, 6.07) is 10.5. The van der Waals surface area contributed by atoms with Crippen molar-refractivity contribution in [2.75, 3.05) is 20.1 Å². The molecule has 23 heavy (non-hydrogen) atoms. The second-order valence-corrected chi connectivity index (χ2v) is 7.77. The molecule has 5 atom stereocenters. The van der Waals surface area contributed by atoms with Crippen LogP contribution in [0.25, 0.3) is 10.9 Å². The summed E-state index contributed by atoms with van der Waals surface area (Å²) in [5, 5.41) is 12.3. The highest BCUT2D eigenvalue weighted by atomic mass is 16.3. The number of aliphatic hydroxyl groups excluding tert-OH is 1. The zero-order valence-corrected chi connectivity index (χ0v) is 14.2. The average Bonchev–Trinajstić information content (AvgIpc) is 2.60. The fourth-order valence-electron chi connectivity index (χ4n) is 5.16. The zero-order valence-electron chi connectivity index (χ0n) is 14.2. The van der Waals surface area contributed by atoms with Gasteiger partial charge >= 0.3 is 0 Å². The molecule has 1 aromatic heterocycles. The number of aromatic nitrogens is 1. The Morgan fingerprint density at radius 3 is 2.91 bits per heavy atom. The third-order valence-corrected chi connectivity index (χ3v) is 6.56. The minimum atomic E-state index is -0.395. The van der Waals surface area contributed by atoms with Crippen molar-refractivity contribution in [1.82, 2.24) is 4.98 Å². The summed E-state index contributed by atoms with van der Waals surface area (Å²) < 4.78 is 1.03. The van der Waals surface area contributed by atoms with Gasteiger partial charge in [0.05, 0.1) is 25.7 Å². The Kier molecular flexibility index (Phi) is 3.66. The lowest BCUT2D eigenvalue weighted by Gasteiger charge is -2.56. The smallest absolute Gasteiger partial charge is 0.131 e. The lowest BCUT2D eigenvalue weighted by atomic mass is 9.71. The predicted molar refractivity (Wildman–Crippen MR) is 92.9 cm³/mol. The molecule has 0 saturated carbocycles. The number of benzene rings is 1. The Bertz CT molecular complexity index is 710. The first kappa shape index (κ1) is 15.1. The molecule has 3 aliphatic rings. The van der Waals surface area contributed by atoms with E-state index < -0.39 is 6.10 Å².